The number of aromatic nitrogens is 1. The van der Waals surface area contributed by atoms with Crippen molar-refractivity contribution in [3.63, 3.8) is 0 Å². The molecule has 0 radical (unpaired) electrons. The van der Waals surface area contributed by atoms with E-state index >= 15 is 0 Å². The minimum Gasteiger partial charge on any atom is -0.444 e. The van der Waals surface area contributed by atoms with Crippen molar-refractivity contribution < 1.29 is 13.9 Å². The molecule has 2 N–H and O–H groups in total. The number of aryl methyl sites for hydroxylation is 1. The van der Waals surface area contributed by atoms with Gasteiger partial charge in [0.25, 0.3) is 5.91 Å². The molecular formula is C10H15N3O3. The number of nitrogens with one attached hydrogen (secondary N) is 2. The second-order valence-electron chi connectivity index (χ2n) is 3.65. The molecule has 0 saturated carbocycles. The summed E-state index contributed by atoms with van der Waals surface area (Å²) < 4.78 is 10.5. The number of ether oxygens (including phenoxy) is 1. The second kappa shape index (κ2) is 5.09. The van der Waals surface area contributed by atoms with E-state index in [-0.39, 0.29) is 5.91 Å². The zero-order valence-electron chi connectivity index (χ0n) is 9.16. The summed E-state index contributed by atoms with van der Waals surface area (Å²) in [7, 11) is 0. The van der Waals surface area contributed by atoms with E-state index < -0.39 is 6.10 Å². The number of hydrogen-bond acceptors (Lipinski definition) is 5. The van der Waals surface area contributed by atoms with Crippen LogP contribution in [0.15, 0.2) is 10.6 Å². The van der Waals surface area contributed by atoms with E-state index in [2.05, 4.69) is 15.6 Å². The van der Waals surface area contributed by atoms with Crippen molar-refractivity contribution in [2.24, 2.45) is 0 Å². The second-order valence-corrected chi connectivity index (χ2v) is 3.65. The van der Waals surface area contributed by atoms with Crippen molar-refractivity contribution >= 4 is 5.91 Å². The van der Waals surface area contributed by atoms with Gasteiger partial charge in [-0.2, -0.15) is 0 Å². The van der Waals surface area contributed by atoms with Crippen molar-refractivity contribution in [1.82, 2.24) is 15.6 Å². The van der Waals surface area contributed by atoms with Gasteiger partial charge < -0.3 is 19.8 Å². The first-order valence-corrected chi connectivity index (χ1v) is 5.27. The normalized spacial score (nSPS) is 20.7. The Morgan fingerprint density at radius 1 is 1.75 bits per heavy atom. The Labute approximate surface area is 93.4 Å². The minimum absolute atomic E-state index is 0.136. The Kier molecular flexibility index (Phi) is 3.53. The molecule has 1 saturated heterocycles. The molecule has 6 nitrogen and oxygen atoms in total. The molecule has 0 aliphatic carbocycles. The fourth-order valence-electron chi connectivity index (χ4n) is 1.49. The molecule has 0 bridgehead atoms. The molecule has 1 aliphatic heterocycles. The van der Waals surface area contributed by atoms with Crippen molar-refractivity contribution in [2.75, 3.05) is 19.7 Å². The zero-order valence-corrected chi connectivity index (χ0v) is 9.16. The molecule has 88 valence electrons. The molecule has 1 amide bonds. The fraction of sp³-hybridized carbons (Fsp3) is 0.600. The summed E-state index contributed by atoms with van der Waals surface area (Å²) in [6.45, 7) is 4.02. The third kappa shape index (κ3) is 2.80. The van der Waals surface area contributed by atoms with Gasteiger partial charge >= 0.3 is 0 Å². The third-order valence-electron chi connectivity index (χ3n) is 2.30. The van der Waals surface area contributed by atoms with E-state index in [1.165, 1.54) is 0 Å². The predicted octanol–water partition coefficient (Wildman–Crippen LogP) is -0.412. The highest BCUT2D eigenvalue weighted by Crippen LogP contribution is 2.01. The summed E-state index contributed by atoms with van der Waals surface area (Å²) >= 11 is 0. The number of oxazole rings is 1. The van der Waals surface area contributed by atoms with Crippen LogP contribution in [-0.4, -0.2) is 36.7 Å². The Hall–Kier alpha value is -1.40. The van der Waals surface area contributed by atoms with E-state index in [4.69, 9.17) is 9.15 Å². The van der Waals surface area contributed by atoms with Crippen LogP contribution in [-0.2, 0) is 16.1 Å². The van der Waals surface area contributed by atoms with Crippen molar-refractivity contribution in [2.45, 2.75) is 19.6 Å². The Morgan fingerprint density at radius 2 is 2.62 bits per heavy atom. The van der Waals surface area contributed by atoms with Crippen molar-refractivity contribution in [3.8, 4) is 0 Å². The molecule has 1 aromatic heterocycles. The average molecular weight is 225 g/mol. The molecule has 1 unspecified atom stereocenters. The van der Waals surface area contributed by atoms with Crippen LogP contribution in [0.5, 0.6) is 0 Å². The van der Waals surface area contributed by atoms with Gasteiger partial charge in [-0.15, -0.1) is 0 Å². The van der Waals surface area contributed by atoms with Gasteiger partial charge in [-0.1, -0.05) is 0 Å². The summed E-state index contributed by atoms with van der Waals surface area (Å²) in [5.41, 5.74) is 0. The summed E-state index contributed by atoms with van der Waals surface area (Å²) in [6, 6.07) is 0. The van der Waals surface area contributed by atoms with Crippen LogP contribution in [0.25, 0.3) is 0 Å². The van der Waals surface area contributed by atoms with Gasteiger partial charge in [0.2, 0.25) is 5.89 Å². The number of nitrogens with zero attached hydrogens (tertiary/aromatic N) is 1. The maximum Gasteiger partial charge on any atom is 0.250 e. The van der Waals surface area contributed by atoms with Crippen LogP contribution < -0.4 is 10.6 Å². The molecule has 1 fully saturated rings. The van der Waals surface area contributed by atoms with Crippen LogP contribution in [0.1, 0.15) is 11.7 Å². The van der Waals surface area contributed by atoms with Gasteiger partial charge in [-0.05, 0) is 6.92 Å². The number of rotatable bonds is 3. The van der Waals surface area contributed by atoms with Gasteiger partial charge in [0.15, 0.2) is 0 Å². The molecule has 6 heteroatoms. The number of hydrogen-bond donors (Lipinski definition) is 2. The smallest absolute Gasteiger partial charge is 0.250 e. The lowest BCUT2D eigenvalue weighted by Crippen LogP contribution is -2.47. The first kappa shape index (κ1) is 11.1. The zero-order chi connectivity index (χ0) is 11.4. The third-order valence-corrected chi connectivity index (χ3v) is 2.30. The molecular weight excluding hydrogens is 210 g/mol. The molecule has 16 heavy (non-hydrogen) atoms. The molecule has 2 rings (SSSR count). The van der Waals surface area contributed by atoms with Gasteiger partial charge in [-0.3, -0.25) is 4.79 Å². The molecule has 0 spiro atoms. The van der Waals surface area contributed by atoms with Gasteiger partial charge in [0.05, 0.1) is 19.3 Å². The molecule has 1 aliphatic rings. The predicted molar refractivity (Wildman–Crippen MR) is 55.7 cm³/mol. The minimum atomic E-state index is -0.412. The summed E-state index contributed by atoms with van der Waals surface area (Å²) in [5.74, 6) is 1.11. The van der Waals surface area contributed by atoms with Crippen LogP contribution >= 0.6 is 0 Å². The van der Waals surface area contributed by atoms with E-state index in [9.17, 15) is 4.79 Å². The number of morpholine rings is 1. The Bertz CT molecular complexity index is 358. The quantitative estimate of drug-likeness (QED) is 0.731. The standard InChI is InChI=1S/C10H15N3O3/c1-7-4-12-9(16-7)6-13-10(14)8-5-11-2-3-15-8/h4,8,11H,2-3,5-6H2,1H3,(H,13,14). The lowest BCUT2D eigenvalue weighted by atomic mass is 10.3. The first-order valence-electron chi connectivity index (χ1n) is 5.27. The van der Waals surface area contributed by atoms with E-state index in [1.54, 1.807) is 6.20 Å². The van der Waals surface area contributed by atoms with Crippen LogP contribution in [0.4, 0.5) is 0 Å². The summed E-state index contributed by atoms with van der Waals surface area (Å²) in [4.78, 5) is 15.6. The van der Waals surface area contributed by atoms with E-state index in [0.29, 0.717) is 25.6 Å². The van der Waals surface area contributed by atoms with Gasteiger partial charge in [0, 0.05) is 13.1 Å². The lowest BCUT2D eigenvalue weighted by Gasteiger charge is -2.22. The largest absolute Gasteiger partial charge is 0.444 e. The molecule has 1 atom stereocenters. The molecule has 0 aromatic carbocycles. The van der Waals surface area contributed by atoms with Crippen molar-refractivity contribution in [1.29, 1.82) is 0 Å². The van der Waals surface area contributed by atoms with E-state index in [1.807, 2.05) is 6.92 Å². The number of carbonyl (C=O) groups is 1. The van der Waals surface area contributed by atoms with Crippen LogP contribution in [0.3, 0.4) is 0 Å². The maximum atomic E-state index is 11.6. The summed E-state index contributed by atoms with van der Waals surface area (Å²) in [6.07, 6.45) is 1.21. The SMILES string of the molecule is Cc1cnc(CNC(=O)C2CNCCO2)o1. The van der Waals surface area contributed by atoms with E-state index in [0.717, 1.165) is 12.3 Å². The molecule has 1 aromatic rings. The first-order chi connectivity index (χ1) is 7.75. The topological polar surface area (TPSA) is 76.4 Å². The highest BCUT2D eigenvalue weighted by atomic mass is 16.5. The highest BCUT2D eigenvalue weighted by Gasteiger charge is 2.21. The highest BCUT2D eigenvalue weighted by molar-refractivity contribution is 5.81. The van der Waals surface area contributed by atoms with Crippen LogP contribution in [0.2, 0.25) is 0 Å². The molecule has 2 heterocycles. The summed E-state index contributed by atoms with van der Waals surface area (Å²) in [5, 5.41) is 5.81. The average Bonchev–Trinajstić information content (AvgIpc) is 2.73. The van der Waals surface area contributed by atoms with Gasteiger partial charge in [0.1, 0.15) is 11.9 Å². The Balaban J connectivity index is 1.78. The maximum absolute atomic E-state index is 11.6. The van der Waals surface area contributed by atoms with Crippen LogP contribution in [0, 0.1) is 6.92 Å². The Morgan fingerprint density at radius 3 is 3.25 bits per heavy atom. The monoisotopic (exact) mass is 225 g/mol. The fourth-order valence-corrected chi connectivity index (χ4v) is 1.49. The van der Waals surface area contributed by atoms with Crippen molar-refractivity contribution in [3.05, 3.63) is 17.8 Å². The van der Waals surface area contributed by atoms with Gasteiger partial charge in [-0.25, -0.2) is 4.98 Å². The number of amides is 1. The number of carbonyl (C=O) groups excluding carboxylic acids is 1. The lowest BCUT2D eigenvalue weighted by molar-refractivity contribution is -0.134.